The largest absolute Gasteiger partial charge is 0.455 e. The van der Waals surface area contributed by atoms with Gasteiger partial charge in [-0.2, -0.15) is 0 Å². The SMILES string of the molecule is c1ccc(-c2nc3ccc4ccc5ccc(N(c6ccccc6)c6ccccc6-c6cccc7c6oc6ccccc67)cc5c4c3s2)cc1. The molecule has 3 nitrogen and oxygen atoms in total. The van der Waals surface area contributed by atoms with Crippen molar-refractivity contribution >= 4 is 82.1 Å². The lowest BCUT2D eigenvalue weighted by Crippen LogP contribution is -2.11. The second kappa shape index (κ2) is 11.2. The minimum absolute atomic E-state index is 0.897. The first-order chi connectivity index (χ1) is 24.3. The van der Waals surface area contributed by atoms with Gasteiger partial charge in [0.25, 0.3) is 0 Å². The average Bonchev–Trinajstić information content (AvgIpc) is 3.78. The third-order valence-electron chi connectivity index (χ3n) is 9.47. The summed E-state index contributed by atoms with van der Waals surface area (Å²) in [6.07, 6.45) is 0. The maximum atomic E-state index is 6.54. The fraction of sp³-hybridized carbons (Fsp3) is 0. The number of hydrogen-bond acceptors (Lipinski definition) is 4. The monoisotopic (exact) mass is 644 g/mol. The van der Waals surface area contributed by atoms with Gasteiger partial charge >= 0.3 is 0 Å². The van der Waals surface area contributed by atoms with Crippen LogP contribution < -0.4 is 4.90 Å². The Morgan fingerprint density at radius 1 is 0.510 bits per heavy atom. The van der Waals surface area contributed by atoms with E-state index in [1.54, 1.807) is 11.3 Å². The second-order valence-corrected chi connectivity index (χ2v) is 13.3. The van der Waals surface area contributed by atoms with Crippen LogP contribution in [0.3, 0.4) is 0 Å². The van der Waals surface area contributed by atoms with Crippen molar-refractivity contribution in [2.24, 2.45) is 0 Å². The lowest BCUT2D eigenvalue weighted by molar-refractivity contribution is 0.670. The number of anilines is 3. The lowest BCUT2D eigenvalue weighted by Gasteiger charge is -2.28. The molecule has 4 heteroatoms. The minimum atomic E-state index is 0.897. The molecule has 0 aliphatic carbocycles. The molecule has 10 rings (SSSR count). The zero-order chi connectivity index (χ0) is 32.3. The van der Waals surface area contributed by atoms with Crippen LogP contribution in [0.25, 0.3) is 75.4 Å². The first-order valence-corrected chi connectivity index (χ1v) is 17.3. The molecule has 2 aromatic heterocycles. The van der Waals surface area contributed by atoms with E-state index in [9.17, 15) is 0 Å². The van der Waals surface area contributed by atoms with E-state index >= 15 is 0 Å². The van der Waals surface area contributed by atoms with Gasteiger partial charge in [-0.15, -0.1) is 11.3 Å². The van der Waals surface area contributed by atoms with Gasteiger partial charge in [-0.1, -0.05) is 127 Å². The Balaban J connectivity index is 1.22. The smallest absolute Gasteiger partial charge is 0.143 e. The van der Waals surface area contributed by atoms with Crippen molar-refractivity contribution < 1.29 is 4.42 Å². The molecule has 0 unspecified atom stereocenters. The van der Waals surface area contributed by atoms with Gasteiger partial charge in [-0.05, 0) is 58.6 Å². The van der Waals surface area contributed by atoms with Crippen LogP contribution in [0.2, 0.25) is 0 Å². The quantitative estimate of drug-likeness (QED) is 0.175. The molecular weight excluding hydrogens is 617 g/mol. The number of thiazole rings is 1. The van der Waals surface area contributed by atoms with Crippen molar-refractivity contribution in [2.45, 2.75) is 0 Å². The van der Waals surface area contributed by atoms with Crippen LogP contribution in [0.1, 0.15) is 0 Å². The fourth-order valence-corrected chi connectivity index (χ4v) is 8.35. The summed E-state index contributed by atoms with van der Waals surface area (Å²) in [7, 11) is 0. The van der Waals surface area contributed by atoms with E-state index in [1.807, 2.05) is 12.1 Å². The van der Waals surface area contributed by atoms with E-state index in [0.717, 1.165) is 66.2 Å². The zero-order valence-electron chi connectivity index (χ0n) is 26.4. The maximum Gasteiger partial charge on any atom is 0.143 e. The van der Waals surface area contributed by atoms with Crippen molar-refractivity contribution in [3.05, 3.63) is 170 Å². The summed E-state index contributed by atoms with van der Waals surface area (Å²) < 4.78 is 7.75. The molecule has 0 amide bonds. The molecule has 0 saturated heterocycles. The highest BCUT2D eigenvalue weighted by Gasteiger charge is 2.21. The summed E-state index contributed by atoms with van der Waals surface area (Å²) in [5, 5.41) is 8.15. The first kappa shape index (κ1) is 27.8. The molecule has 0 radical (unpaired) electrons. The Kier molecular flexibility index (Phi) is 6.36. The van der Waals surface area contributed by atoms with Crippen molar-refractivity contribution in [1.29, 1.82) is 0 Å². The van der Waals surface area contributed by atoms with E-state index in [0.29, 0.717) is 0 Å². The Hall–Kier alpha value is -6.23. The highest BCUT2D eigenvalue weighted by Crippen LogP contribution is 2.46. The Bertz CT molecular complexity index is 2840. The summed E-state index contributed by atoms with van der Waals surface area (Å²) in [5.74, 6) is 0. The van der Waals surface area contributed by atoms with Crippen LogP contribution in [0.15, 0.2) is 174 Å². The normalized spacial score (nSPS) is 11.7. The van der Waals surface area contributed by atoms with Crippen LogP contribution >= 0.6 is 11.3 Å². The summed E-state index contributed by atoms with van der Waals surface area (Å²) in [4.78, 5) is 7.45. The molecule has 0 fully saturated rings. The minimum Gasteiger partial charge on any atom is -0.455 e. The zero-order valence-corrected chi connectivity index (χ0v) is 27.2. The topological polar surface area (TPSA) is 29.3 Å². The highest BCUT2D eigenvalue weighted by atomic mass is 32.1. The number of aromatic nitrogens is 1. The predicted octanol–water partition coefficient (Wildman–Crippen LogP) is 13.3. The van der Waals surface area contributed by atoms with E-state index in [1.165, 1.54) is 26.2 Å². The average molecular weight is 645 g/mol. The number of hydrogen-bond donors (Lipinski definition) is 0. The van der Waals surface area contributed by atoms with Crippen LogP contribution in [-0.4, -0.2) is 4.98 Å². The molecule has 230 valence electrons. The standard InChI is InChI=1S/C45H28N2OS/c1-3-12-31(13-4-1)45-46-39-27-25-30-23-22-29-24-26-33(28-38(29)42(30)44(39)49-45)47(32-14-5-2-6-15-32)40-20-9-7-16-34(40)36-18-11-19-37-35-17-8-10-21-41(35)48-43(36)37/h1-28H. The molecule has 0 aliphatic rings. The third-order valence-corrected chi connectivity index (χ3v) is 10.6. The van der Waals surface area contributed by atoms with Crippen LogP contribution in [-0.2, 0) is 0 Å². The molecule has 8 aromatic carbocycles. The molecule has 0 saturated carbocycles. The number of rotatable bonds is 5. The fourth-order valence-electron chi connectivity index (χ4n) is 7.21. The van der Waals surface area contributed by atoms with Gasteiger partial charge < -0.3 is 9.32 Å². The van der Waals surface area contributed by atoms with Crippen LogP contribution in [0.4, 0.5) is 17.1 Å². The number of nitrogens with zero attached hydrogens (tertiary/aromatic N) is 2. The Labute approximate surface area is 286 Å². The number of furan rings is 1. The maximum absolute atomic E-state index is 6.54. The molecule has 0 aliphatic heterocycles. The van der Waals surface area contributed by atoms with Gasteiger partial charge in [0, 0.05) is 44.2 Å². The summed E-state index contributed by atoms with van der Waals surface area (Å²) in [5.41, 5.74) is 9.38. The van der Waals surface area contributed by atoms with Gasteiger partial charge in [-0.3, -0.25) is 0 Å². The molecule has 10 aromatic rings. The molecular formula is C45H28N2OS. The Morgan fingerprint density at radius 2 is 1.20 bits per heavy atom. The molecule has 0 spiro atoms. The van der Waals surface area contributed by atoms with Crippen LogP contribution in [0, 0.1) is 0 Å². The van der Waals surface area contributed by atoms with Gasteiger partial charge in [0.15, 0.2) is 0 Å². The van der Waals surface area contributed by atoms with Crippen molar-refractivity contribution in [2.75, 3.05) is 4.90 Å². The summed E-state index contributed by atoms with van der Waals surface area (Å²) in [6, 6.07) is 60.2. The van der Waals surface area contributed by atoms with Crippen molar-refractivity contribution in [3.63, 3.8) is 0 Å². The number of para-hydroxylation sites is 4. The molecule has 0 bridgehead atoms. The lowest BCUT2D eigenvalue weighted by atomic mass is 9.98. The van der Waals surface area contributed by atoms with E-state index in [-0.39, 0.29) is 0 Å². The van der Waals surface area contributed by atoms with Crippen LogP contribution in [0.5, 0.6) is 0 Å². The van der Waals surface area contributed by atoms with Gasteiger partial charge in [0.05, 0.1) is 15.9 Å². The van der Waals surface area contributed by atoms with E-state index in [2.05, 4.69) is 163 Å². The van der Waals surface area contributed by atoms with Crippen molar-refractivity contribution in [1.82, 2.24) is 4.98 Å². The predicted molar refractivity (Wildman–Crippen MR) is 207 cm³/mol. The Morgan fingerprint density at radius 3 is 2.10 bits per heavy atom. The molecule has 0 N–H and O–H groups in total. The number of fused-ring (bicyclic) bond motifs is 8. The van der Waals surface area contributed by atoms with E-state index < -0.39 is 0 Å². The highest BCUT2D eigenvalue weighted by molar-refractivity contribution is 7.22. The van der Waals surface area contributed by atoms with E-state index in [4.69, 9.17) is 9.40 Å². The van der Waals surface area contributed by atoms with Gasteiger partial charge in [0.1, 0.15) is 16.2 Å². The van der Waals surface area contributed by atoms with Crippen molar-refractivity contribution in [3.8, 4) is 21.7 Å². The molecule has 49 heavy (non-hydrogen) atoms. The van der Waals surface area contributed by atoms with Gasteiger partial charge in [0.2, 0.25) is 0 Å². The third kappa shape index (κ3) is 4.53. The second-order valence-electron chi connectivity index (χ2n) is 12.3. The summed E-state index contributed by atoms with van der Waals surface area (Å²) in [6.45, 7) is 0. The summed E-state index contributed by atoms with van der Waals surface area (Å²) >= 11 is 1.77. The van der Waals surface area contributed by atoms with Gasteiger partial charge in [-0.25, -0.2) is 4.98 Å². The number of benzene rings is 8. The first-order valence-electron chi connectivity index (χ1n) is 16.5. The molecule has 0 atom stereocenters. The molecule has 2 heterocycles.